The largest absolute Gasteiger partial charge is 0.393 e. The molecule has 1 aromatic rings. The molecule has 0 bridgehead atoms. The molecule has 15 heavy (non-hydrogen) atoms. The maximum absolute atomic E-state index is 11.3. The number of aliphatic hydroxyl groups is 1. The predicted octanol–water partition coefficient (Wildman–Crippen LogP) is -0.376. The Morgan fingerprint density at radius 1 is 1.73 bits per heavy atom. The van der Waals surface area contributed by atoms with Crippen LogP contribution in [-0.2, 0) is 11.2 Å². The minimum Gasteiger partial charge on any atom is -0.393 e. The van der Waals surface area contributed by atoms with Gasteiger partial charge < -0.3 is 10.4 Å². The second-order valence-corrected chi connectivity index (χ2v) is 3.42. The molecule has 6 nitrogen and oxygen atoms in total. The van der Waals surface area contributed by atoms with Crippen molar-refractivity contribution in [3.8, 4) is 0 Å². The maximum atomic E-state index is 11.3. The van der Waals surface area contributed by atoms with Gasteiger partial charge in [-0.25, -0.2) is 4.98 Å². The van der Waals surface area contributed by atoms with Crippen LogP contribution in [0.5, 0.6) is 0 Å². The highest BCUT2D eigenvalue weighted by molar-refractivity contribution is 5.75. The molecule has 0 aliphatic heterocycles. The summed E-state index contributed by atoms with van der Waals surface area (Å²) in [6.45, 7) is 2.20. The molecule has 1 rings (SSSR count). The van der Waals surface area contributed by atoms with Gasteiger partial charge in [-0.15, -0.1) is 0 Å². The van der Waals surface area contributed by atoms with Gasteiger partial charge in [0, 0.05) is 19.4 Å². The first-order chi connectivity index (χ1) is 7.18. The number of nitrogens with zero attached hydrogens (tertiary/aromatic N) is 2. The second-order valence-electron chi connectivity index (χ2n) is 3.42. The predicted molar refractivity (Wildman–Crippen MR) is 54.0 cm³/mol. The molecule has 0 aliphatic rings. The third kappa shape index (κ3) is 5.11. The molecule has 3 N–H and O–H groups in total. The van der Waals surface area contributed by atoms with Gasteiger partial charge in [0.25, 0.3) is 0 Å². The number of carbonyl (C=O) groups excluding carboxylic acids is 1. The summed E-state index contributed by atoms with van der Waals surface area (Å²) in [5.74, 6) is 0.674. The number of aromatic nitrogens is 3. The summed E-state index contributed by atoms with van der Waals surface area (Å²) in [7, 11) is 0. The average molecular weight is 212 g/mol. The fraction of sp³-hybridized carbons (Fsp3) is 0.667. The van der Waals surface area contributed by atoms with Gasteiger partial charge in [-0.2, -0.15) is 5.10 Å². The SMILES string of the molecule is CC(O)CCNC(=O)CCc1ncn[nH]1. The fourth-order valence-electron chi connectivity index (χ4n) is 1.09. The average Bonchev–Trinajstić information content (AvgIpc) is 2.66. The second kappa shape index (κ2) is 6.13. The molecule has 0 fully saturated rings. The van der Waals surface area contributed by atoms with Crippen molar-refractivity contribution in [3.63, 3.8) is 0 Å². The first kappa shape index (κ1) is 11.6. The van der Waals surface area contributed by atoms with Gasteiger partial charge >= 0.3 is 0 Å². The molecule has 0 spiro atoms. The van der Waals surface area contributed by atoms with Gasteiger partial charge in [0.15, 0.2) is 0 Å². The number of H-pyrrole nitrogens is 1. The van der Waals surface area contributed by atoms with Crippen molar-refractivity contribution in [2.45, 2.75) is 32.3 Å². The zero-order valence-electron chi connectivity index (χ0n) is 8.73. The lowest BCUT2D eigenvalue weighted by atomic mass is 10.2. The molecule has 84 valence electrons. The lowest BCUT2D eigenvalue weighted by Crippen LogP contribution is -2.26. The van der Waals surface area contributed by atoms with E-state index in [1.807, 2.05) is 0 Å². The Bertz CT molecular complexity index is 284. The zero-order chi connectivity index (χ0) is 11.1. The van der Waals surface area contributed by atoms with Crippen LogP contribution >= 0.6 is 0 Å². The van der Waals surface area contributed by atoms with Crippen molar-refractivity contribution in [1.29, 1.82) is 0 Å². The molecule has 1 heterocycles. The summed E-state index contributed by atoms with van der Waals surface area (Å²) in [4.78, 5) is 15.2. The van der Waals surface area contributed by atoms with E-state index in [4.69, 9.17) is 5.11 Å². The highest BCUT2D eigenvalue weighted by atomic mass is 16.3. The van der Waals surface area contributed by atoms with Crippen molar-refractivity contribution in [2.75, 3.05) is 6.54 Å². The molecule has 0 radical (unpaired) electrons. The number of nitrogens with one attached hydrogen (secondary N) is 2. The smallest absolute Gasteiger partial charge is 0.220 e. The number of rotatable bonds is 6. The molecule has 1 unspecified atom stereocenters. The summed E-state index contributed by atoms with van der Waals surface area (Å²) < 4.78 is 0. The van der Waals surface area contributed by atoms with Crippen molar-refractivity contribution in [3.05, 3.63) is 12.2 Å². The maximum Gasteiger partial charge on any atom is 0.220 e. The Morgan fingerprint density at radius 3 is 3.13 bits per heavy atom. The summed E-state index contributed by atoms with van der Waals surface area (Å²) in [6.07, 6.45) is 2.56. The van der Waals surface area contributed by atoms with E-state index < -0.39 is 0 Å². The first-order valence-corrected chi connectivity index (χ1v) is 4.97. The molecule has 0 saturated carbocycles. The first-order valence-electron chi connectivity index (χ1n) is 4.97. The van der Waals surface area contributed by atoms with Gasteiger partial charge in [0.1, 0.15) is 12.2 Å². The fourth-order valence-corrected chi connectivity index (χ4v) is 1.09. The Kier molecular flexibility index (Phi) is 4.76. The van der Waals surface area contributed by atoms with Gasteiger partial charge in [-0.3, -0.25) is 9.89 Å². The molecular weight excluding hydrogens is 196 g/mol. The van der Waals surface area contributed by atoms with Crippen LogP contribution in [0.4, 0.5) is 0 Å². The number of amides is 1. The van der Waals surface area contributed by atoms with E-state index in [0.717, 1.165) is 0 Å². The van der Waals surface area contributed by atoms with Crippen molar-refractivity contribution in [2.24, 2.45) is 0 Å². The number of carbonyl (C=O) groups is 1. The van der Waals surface area contributed by atoms with Crippen molar-refractivity contribution >= 4 is 5.91 Å². The zero-order valence-corrected chi connectivity index (χ0v) is 8.73. The lowest BCUT2D eigenvalue weighted by molar-refractivity contribution is -0.121. The van der Waals surface area contributed by atoms with Crippen LogP contribution in [-0.4, -0.2) is 38.8 Å². The summed E-state index contributed by atoms with van der Waals surface area (Å²) in [5.41, 5.74) is 0. The topological polar surface area (TPSA) is 90.9 Å². The van der Waals surface area contributed by atoms with Crippen LogP contribution in [0.1, 0.15) is 25.6 Å². The Balaban J connectivity index is 2.09. The van der Waals surface area contributed by atoms with E-state index >= 15 is 0 Å². The highest BCUT2D eigenvalue weighted by Crippen LogP contribution is 1.93. The monoisotopic (exact) mass is 212 g/mol. The number of aromatic amines is 1. The summed E-state index contributed by atoms with van der Waals surface area (Å²) >= 11 is 0. The molecule has 0 saturated heterocycles. The minimum atomic E-state index is -0.375. The molecule has 1 aromatic heterocycles. The highest BCUT2D eigenvalue weighted by Gasteiger charge is 2.03. The number of hydrogen-bond donors (Lipinski definition) is 3. The quantitative estimate of drug-likeness (QED) is 0.599. The van der Waals surface area contributed by atoms with Crippen LogP contribution in [0.25, 0.3) is 0 Å². The number of hydrogen-bond acceptors (Lipinski definition) is 4. The van der Waals surface area contributed by atoms with E-state index in [2.05, 4.69) is 20.5 Å². The minimum absolute atomic E-state index is 0.0351. The third-order valence-electron chi connectivity index (χ3n) is 1.94. The van der Waals surface area contributed by atoms with E-state index in [9.17, 15) is 4.79 Å². The van der Waals surface area contributed by atoms with Crippen LogP contribution in [0, 0.1) is 0 Å². The normalized spacial score (nSPS) is 12.4. The number of aliphatic hydroxyl groups excluding tert-OH is 1. The molecule has 0 aliphatic carbocycles. The van der Waals surface area contributed by atoms with Crippen LogP contribution < -0.4 is 5.32 Å². The summed E-state index contributed by atoms with van der Waals surface area (Å²) in [5, 5.41) is 18.1. The molecular formula is C9H16N4O2. The summed E-state index contributed by atoms with van der Waals surface area (Å²) in [6, 6.07) is 0. The van der Waals surface area contributed by atoms with Crippen LogP contribution in [0.2, 0.25) is 0 Å². The third-order valence-corrected chi connectivity index (χ3v) is 1.94. The van der Waals surface area contributed by atoms with E-state index in [0.29, 0.717) is 31.6 Å². The van der Waals surface area contributed by atoms with E-state index in [1.54, 1.807) is 6.92 Å². The standard InChI is InChI=1S/C9H16N4O2/c1-7(14)4-5-10-9(15)3-2-8-11-6-12-13-8/h6-7,14H,2-5H2,1H3,(H,10,15)(H,11,12,13). The molecule has 0 aromatic carbocycles. The van der Waals surface area contributed by atoms with Crippen LogP contribution in [0.15, 0.2) is 6.33 Å². The van der Waals surface area contributed by atoms with Crippen molar-refractivity contribution in [1.82, 2.24) is 20.5 Å². The van der Waals surface area contributed by atoms with Gasteiger partial charge in [-0.1, -0.05) is 0 Å². The van der Waals surface area contributed by atoms with Crippen LogP contribution in [0.3, 0.4) is 0 Å². The van der Waals surface area contributed by atoms with Crippen molar-refractivity contribution < 1.29 is 9.90 Å². The van der Waals surface area contributed by atoms with Gasteiger partial charge in [-0.05, 0) is 13.3 Å². The molecule has 6 heteroatoms. The van der Waals surface area contributed by atoms with E-state index in [1.165, 1.54) is 6.33 Å². The number of aryl methyl sites for hydroxylation is 1. The molecule has 1 atom stereocenters. The van der Waals surface area contributed by atoms with E-state index in [-0.39, 0.29) is 12.0 Å². The lowest BCUT2D eigenvalue weighted by Gasteiger charge is -2.05. The van der Waals surface area contributed by atoms with Gasteiger partial charge in [0.05, 0.1) is 6.10 Å². The Labute approximate surface area is 88.1 Å². The Morgan fingerprint density at radius 2 is 2.53 bits per heavy atom. The van der Waals surface area contributed by atoms with Gasteiger partial charge in [0.2, 0.25) is 5.91 Å². The molecule has 1 amide bonds. The Hall–Kier alpha value is -1.43.